The van der Waals surface area contributed by atoms with E-state index in [1.54, 1.807) is 29.2 Å². The Kier molecular flexibility index (Phi) is 5.69. The van der Waals surface area contributed by atoms with Crippen LogP contribution < -0.4 is 4.74 Å². The van der Waals surface area contributed by atoms with Gasteiger partial charge < -0.3 is 14.2 Å². The quantitative estimate of drug-likeness (QED) is 0.451. The molecule has 0 radical (unpaired) electrons. The number of nitro groups is 1. The first-order valence-corrected chi connectivity index (χ1v) is 9.67. The molecule has 0 unspecified atom stereocenters. The molecular weight excluding hydrogens is 388 g/mol. The Labute approximate surface area is 172 Å². The molecule has 0 N–H and O–H groups in total. The number of non-ortho nitro benzene ring substituents is 1. The Morgan fingerprint density at radius 2 is 2.03 bits per heavy atom. The number of aromatic nitrogens is 2. The number of para-hydroxylation sites is 1. The maximum atomic E-state index is 12.8. The summed E-state index contributed by atoms with van der Waals surface area (Å²) in [6.07, 6.45) is 2.52. The number of nitrogens with zero attached hydrogens (tertiary/aromatic N) is 4. The lowest BCUT2D eigenvalue weighted by Crippen LogP contribution is -2.41. The lowest BCUT2D eigenvalue weighted by Gasteiger charge is -2.33. The lowest BCUT2D eigenvalue weighted by atomic mass is 10.0. The highest BCUT2D eigenvalue weighted by Gasteiger charge is 2.32. The normalized spacial score (nSPS) is 16.3. The van der Waals surface area contributed by atoms with Gasteiger partial charge in [0.1, 0.15) is 11.8 Å². The molecule has 1 amide bonds. The van der Waals surface area contributed by atoms with Crippen molar-refractivity contribution >= 4 is 11.6 Å². The minimum Gasteiger partial charge on any atom is -0.484 e. The van der Waals surface area contributed by atoms with Crippen LogP contribution in [0.3, 0.4) is 0 Å². The molecule has 1 aliphatic heterocycles. The largest absolute Gasteiger partial charge is 0.484 e. The number of hydrogen-bond acceptors (Lipinski definition) is 7. The summed E-state index contributed by atoms with van der Waals surface area (Å²) in [7, 11) is 0. The van der Waals surface area contributed by atoms with Crippen LogP contribution in [0.1, 0.15) is 31.2 Å². The van der Waals surface area contributed by atoms with E-state index >= 15 is 0 Å². The van der Waals surface area contributed by atoms with Gasteiger partial charge in [-0.1, -0.05) is 35.5 Å². The zero-order valence-electron chi connectivity index (χ0n) is 16.1. The molecule has 3 aromatic rings. The van der Waals surface area contributed by atoms with Crippen LogP contribution >= 0.6 is 0 Å². The molecule has 1 aliphatic rings. The van der Waals surface area contributed by atoms with Gasteiger partial charge in [0, 0.05) is 24.2 Å². The summed E-state index contributed by atoms with van der Waals surface area (Å²) < 4.78 is 11.0. The molecule has 1 fully saturated rings. The molecule has 30 heavy (non-hydrogen) atoms. The van der Waals surface area contributed by atoms with Crippen molar-refractivity contribution in [2.24, 2.45) is 0 Å². The summed E-state index contributed by atoms with van der Waals surface area (Å²) in [5.74, 6) is 1.06. The molecule has 0 spiro atoms. The standard InChI is InChI=1S/C21H20N4O5/c26-19(14-29-17-9-2-1-3-10-17)24-12-5-4-11-18(24)21-22-20(23-30-21)15-7-6-8-16(13-15)25(27)28/h1-3,6-10,13,18H,4-5,11-12,14H2/t18-/m1/s1. The maximum Gasteiger partial charge on any atom is 0.270 e. The molecule has 9 nitrogen and oxygen atoms in total. The van der Waals surface area contributed by atoms with Gasteiger partial charge in [-0.15, -0.1) is 0 Å². The summed E-state index contributed by atoms with van der Waals surface area (Å²) >= 11 is 0. The number of rotatable bonds is 6. The summed E-state index contributed by atoms with van der Waals surface area (Å²) in [5, 5.41) is 15.0. The second-order valence-corrected chi connectivity index (χ2v) is 6.96. The zero-order chi connectivity index (χ0) is 20.9. The van der Waals surface area contributed by atoms with Gasteiger partial charge >= 0.3 is 0 Å². The van der Waals surface area contributed by atoms with Gasteiger partial charge in [0.05, 0.1) is 4.92 Å². The fraction of sp³-hybridized carbons (Fsp3) is 0.286. The Morgan fingerprint density at radius 1 is 1.20 bits per heavy atom. The first-order chi connectivity index (χ1) is 14.6. The van der Waals surface area contributed by atoms with Crippen molar-refractivity contribution in [3.05, 3.63) is 70.6 Å². The predicted molar refractivity (Wildman–Crippen MR) is 107 cm³/mol. The van der Waals surface area contributed by atoms with E-state index in [1.165, 1.54) is 12.1 Å². The molecule has 154 valence electrons. The van der Waals surface area contributed by atoms with Crippen LogP contribution in [0.2, 0.25) is 0 Å². The van der Waals surface area contributed by atoms with Crippen molar-refractivity contribution in [2.75, 3.05) is 13.2 Å². The SMILES string of the molecule is O=C(COc1ccccc1)N1CCCC[C@@H]1c1nc(-c2cccc([N+](=O)[O-])c2)no1. The summed E-state index contributed by atoms with van der Waals surface area (Å²) in [4.78, 5) is 29.4. The van der Waals surface area contributed by atoms with Crippen LogP contribution in [0.15, 0.2) is 59.1 Å². The number of benzene rings is 2. The number of carbonyl (C=O) groups is 1. The second kappa shape index (κ2) is 8.73. The maximum absolute atomic E-state index is 12.8. The average Bonchev–Trinajstić information content (AvgIpc) is 3.28. The zero-order valence-corrected chi connectivity index (χ0v) is 16.1. The summed E-state index contributed by atoms with van der Waals surface area (Å²) in [5.41, 5.74) is 0.437. The first-order valence-electron chi connectivity index (χ1n) is 9.67. The Hall–Kier alpha value is -3.75. The van der Waals surface area contributed by atoms with Gasteiger partial charge in [-0.05, 0) is 31.4 Å². The predicted octanol–water partition coefficient (Wildman–Crippen LogP) is 3.78. The van der Waals surface area contributed by atoms with Gasteiger partial charge in [0.15, 0.2) is 6.61 Å². The van der Waals surface area contributed by atoms with Crippen molar-refractivity contribution in [2.45, 2.75) is 25.3 Å². The molecule has 2 aromatic carbocycles. The molecule has 0 aliphatic carbocycles. The highest BCUT2D eigenvalue weighted by molar-refractivity contribution is 5.78. The third-order valence-electron chi connectivity index (χ3n) is 4.97. The number of likely N-dealkylation sites (tertiary alicyclic amines) is 1. The van der Waals surface area contributed by atoms with E-state index < -0.39 is 4.92 Å². The van der Waals surface area contributed by atoms with Gasteiger partial charge in [-0.2, -0.15) is 4.98 Å². The van der Waals surface area contributed by atoms with E-state index in [-0.39, 0.29) is 30.1 Å². The molecule has 4 rings (SSSR count). The van der Waals surface area contributed by atoms with E-state index in [4.69, 9.17) is 9.26 Å². The molecule has 0 bridgehead atoms. The van der Waals surface area contributed by atoms with E-state index in [0.29, 0.717) is 30.2 Å². The van der Waals surface area contributed by atoms with Gasteiger partial charge in [-0.25, -0.2) is 0 Å². The number of nitro benzene ring substituents is 1. The number of piperidine rings is 1. The van der Waals surface area contributed by atoms with Crippen LogP contribution in [0.5, 0.6) is 5.75 Å². The third-order valence-corrected chi connectivity index (χ3v) is 4.97. The van der Waals surface area contributed by atoms with Gasteiger partial charge in [-0.3, -0.25) is 14.9 Å². The van der Waals surface area contributed by atoms with Crippen molar-refractivity contribution in [1.29, 1.82) is 0 Å². The van der Waals surface area contributed by atoms with Crippen molar-refractivity contribution < 1.29 is 19.0 Å². The highest BCUT2D eigenvalue weighted by atomic mass is 16.6. The second-order valence-electron chi connectivity index (χ2n) is 6.96. The average molecular weight is 408 g/mol. The van der Waals surface area contributed by atoms with Crippen LogP contribution in [0.4, 0.5) is 5.69 Å². The van der Waals surface area contributed by atoms with Gasteiger partial charge in [0.25, 0.3) is 11.6 Å². The Balaban J connectivity index is 1.50. The summed E-state index contributed by atoms with van der Waals surface area (Å²) in [6.45, 7) is 0.503. The van der Waals surface area contributed by atoms with Crippen LogP contribution in [0, 0.1) is 10.1 Å². The van der Waals surface area contributed by atoms with Crippen molar-refractivity contribution in [1.82, 2.24) is 15.0 Å². The Morgan fingerprint density at radius 3 is 2.83 bits per heavy atom. The minimum absolute atomic E-state index is 0.0496. The third kappa shape index (κ3) is 4.29. The first kappa shape index (κ1) is 19.6. The molecule has 0 saturated carbocycles. The highest BCUT2D eigenvalue weighted by Crippen LogP contribution is 2.31. The lowest BCUT2D eigenvalue weighted by molar-refractivity contribution is -0.384. The minimum atomic E-state index is -0.473. The molecule has 2 heterocycles. The Bertz CT molecular complexity index is 1040. The molecular formula is C21H20N4O5. The van der Waals surface area contributed by atoms with Gasteiger partial charge in [0.2, 0.25) is 11.7 Å². The topological polar surface area (TPSA) is 112 Å². The fourth-order valence-corrected chi connectivity index (χ4v) is 3.48. The van der Waals surface area contributed by atoms with E-state index in [9.17, 15) is 14.9 Å². The molecule has 9 heteroatoms. The van der Waals surface area contributed by atoms with E-state index in [2.05, 4.69) is 10.1 Å². The molecule has 1 saturated heterocycles. The molecule has 1 aromatic heterocycles. The van der Waals surface area contributed by atoms with Crippen LogP contribution in [-0.2, 0) is 4.79 Å². The van der Waals surface area contributed by atoms with Crippen LogP contribution in [0.25, 0.3) is 11.4 Å². The number of carbonyl (C=O) groups excluding carboxylic acids is 1. The van der Waals surface area contributed by atoms with E-state index in [0.717, 1.165) is 12.8 Å². The van der Waals surface area contributed by atoms with Crippen molar-refractivity contribution in [3.8, 4) is 17.1 Å². The molecule has 1 atom stereocenters. The number of hydrogen-bond donors (Lipinski definition) is 0. The van der Waals surface area contributed by atoms with Crippen LogP contribution in [-0.4, -0.2) is 39.0 Å². The summed E-state index contributed by atoms with van der Waals surface area (Å²) in [6, 6.07) is 14.9. The number of amides is 1. The monoisotopic (exact) mass is 408 g/mol. The fourth-order valence-electron chi connectivity index (χ4n) is 3.48. The smallest absolute Gasteiger partial charge is 0.270 e. The number of ether oxygens (including phenoxy) is 1. The van der Waals surface area contributed by atoms with Crippen molar-refractivity contribution in [3.63, 3.8) is 0 Å². The van der Waals surface area contributed by atoms with E-state index in [1.807, 2.05) is 18.2 Å².